The van der Waals surface area contributed by atoms with Crippen molar-refractivity contribution in [1.29, 1.82) is 0 Å². The van der Waals surface area contributed by atoms with Gasteiger partial charge in [0.25, 0.3) is 10.1 Å². The Balaban J connectivity index is 2.62. The van der Waals surface area contributed by atoms with Gasteiger partial charge in [-0.05, 0) is 30.5 Å². The normalized spacial score (nSPS) is 12.9. The van der Waals surface area contributed by atoms with E-state index >= 15 is 0 Å². The predicted molar refractivity (Wildman–Crippen MR) is 82.8 cm³/mol. The highest BCUT2D eigenvalue weighted by atomic mass is 32.2. The summed E-state index contributed by atoms with van der Waals surface area (Å²) in [7, 11) is -2.76. The molecule has 0 amide bonds. The smallest absolute Gasteiger partial charge is 0.268 e. The molecule has 7 heteroatoms. The number of carbonyl (C=O) groups excluding carboxylic acids is 1. The fraction of sp³-hybridized carbons (Fsp3) is 0.533. The van der Waals surface area contributed by atoms with Crippen molar-refractivity contribution in [3.05, 3.63) is 23.8 Å². The minimum atomic E-state index is -4.20. The third-order valence-electron chi connectivity index (χ3n) is 3.42. The van der Waals surface area contributed by atoms with Gasteiger partial charge in [-0.15, -0.1) is 0 Å². The number of phenols is 1. The summed E-state index contributed by atoms with van der Waals surface area (Å²) in [6.45, 7) is 1.80. The number of Topliss-reactive ketones (excluding diaryl/α,β-unsaturated/α-hetero) is 1. The monoisotopic (exact) mass is 330 g/mol. The molecule has 0 saturated heterocycles. The largest absolute Gasteiger partial charge is 0.504 e. The SMILES string of the molecule is CCC[C@H](CC(=O)CCc1ccc(O)c(OC)c1)S(=O)(=O)O. The molecule has 0 fully saturated rings. The van der Waals surface area contributed by atoms with Crippen molar-refractivity contribution in [3.63, 3.8) is 0 Å². The molecule has 0 aromatic heterocycles. The first-order chi connectivity index (χ1) is 10.3. The van der Waals surface area contributed by atoms with Crippen molar-refractivity contribution in [3.8, 4) is 11.5 Å². The molecule has 1 aromatic rings. The third-order valence-corrected chi connectivity index (χ3v) is 4.67. The Morgan fingerprint density at radius 1 is 1.36 bits per heavy atom. The minimum absolute atomic E-state index is 0.0203. The lowest BCUT2D eigenvalue weighted by Crippen LogP contribution is -2.24. The quantitative estimate of drug-likeness (QED) is 0.674. The van der Waals surface area contributed by atoms with E-state index in [0.29, 0.717) is 18.6 Å². The van der Waals surface area contributed by atoms with Crippen LogP contribution in [0.3, 0.4) is 0 Å². The standard InChI is InChI=1S/C15H22O6S/c1-3-4-13(22(18,19)20)10-12(16)7-5-11-6-8-14(17)15(9-11)21-2/h6,8-9,13,17H,3-5,7,10H2,1-2H3,(H,18,19,20)/t13-/m1/s1. The van der Waals surface area contributed by atoms with E-state index in [-0.39, 0.29) is 30.8 Å². The molecule has 0 aliphatic rings. The fourth-order valence-electron chi connectivity index (χ4n) is 2.20. The number of rotatable bonds is 9. The van der Waals surface area contributed by atoms with Crippen LogP contribution in [0, 0.1) is 0 Å². The molecule has 0 saturated carbocycles. The molecule has 0 radical (unpaired) electrons. The van der Waals surface area contributed by atoms with E-state index < -0.39 is 15.4 Å². The fourth-order valence-corrected chi connectivity index (χ4v) is 3.13. The first-order valence-corrected chi connectivity index (χ1v) is 8.62. The van der Waals surface area contributed by atoms with Gasteiger partial charge in [-0.25, -0.2) is 0 Å². The molecule has 22 heavy (non-hydrogen) atoms. The number of benzene rings is 1. The van der Waals surface area contributed by atoms with Gasteiger partial charge in [0.2, 0.25) is 0 Å². The number of ether oxygens (including phenoxy) is 1. The maximum absolute atomic E-state index is 11.9. The lowest BCUT2D eigenvalue weighted by Gasteiger charge is -2.12. The molecular formula is C15H22O6S. The van der Waals surface area contributed by atoms with E-state index in [1.54, 1.807) is 19.1 Å². The van der Waals surface area contributed by atoms with Crippen molar-refractivity contribution in [2.75, 3.05) is 7.11 Å². The maximum atomic E-state index is 11.9. The number of hydrogen-bond donors (Lipinski definition) is 2. The van der Waals surface area contributed by atoms with Crippen LogP contribution in [-0.2, 0) is 21.3 Å². The van der Waals surface area contributed by atoms with Gasteiger partial charge < -0.3 is 9.84 Å². The first-order valence-electron chi connectivity index (χ1n) is 7.11. The Hall–Kier alpha value is -1.60. The Bertz CT molecular complexity index is 608. The van der Waals surface area contributed by atoms with Crippen LogP contribution in [0.1, 0.15) is 38.2 Å². The molecule has 1 aromatic carbocycles. The second kappa shape index (κ2) is 8.14. The van der Waals surface area contributed by atoms with E-state index in [9.17, 15) is 18.3 Å². The number of methoxy groups -OCH3 is 1. The molecule has 2 N–H and O–H groups in total. The maximum Gasteiger partial charge on any atom is 0.268 e. The van der Waals surface area contributed by atoms with Crippen molar-refractivity contribution in [1.82, 2.24) is 0 Å². The topological polar surface area (TPSA) is 101 Å². The van der Waals surface area contributed by atoms with Crippen LogP contribution in [0.15, 0.2) is 18.2 Å². The number of aryl methyl sites for hydroxylation is 1. The van der Waals surface area contributed by atoms with Crippen molar-refractivity contribution in [2.24, 2.45) is 0 Å². The van der Waals surface area contributed by atoms with Gasteiger partial charge >= 0.3 is 0 Å². The highest BCUT2D eigenvalue weighted by molar-refractivity contribution is 7.86. The Labute approximate surface area is 130 Å². The van der Waals surface area contributed by atoms with Crippen LogP contribution in [0.2, 0.25) is 0 Å². The van der Waals surface area contributed by atoms with Crippen LogP contribution in [0.5, 0.6) is 11.5 Å². The minimum Gasteiger partial charge on any atom is -0.504 e. The second-order valence-electron chi connectivity index (χ2n) is 5.17. The summed E-state index contributed by atoms with van der Waals surface area (Å²) in [5.41, 5.74) is 0.807. The van der Waals surface area contributed by atoms with E-state index in [4.69, 9.17) is 9.29 Å². The third kappa shape index (κ3) is 5.65. The first kappa shape index (κ1) is 18.4. The number of hydrogen-bond acceptors (Lipinski definition) is 5. The lowest BCUT2D eigenvalue weighted by atomic mass is 10.0. The van der Waals surface area contributed by atoms with E-state index in [2.05, 4.69) is 0 Å². The van der Waals surface area contributed by atoms with Crippen LogP contribution < -0.4 is 4.74 Å². The summed E-state index contributed by atoms with van der Waals surface area (Å²) in [5, 5.41) is 8.47. The van der Waals surface area contributed by atoms with Crippen molar-refractivity contribution < 1.29 is 27.6 Å². The second-order valence-corrected chi connectivity index (χ2v) is 6.87. The van der Waals surface area contributed by atoms with Gasteiger partial charge in [0.15, 0.2) is 11.5 Å². The average Bonchev–Trinajstić information content (AvgIpc) is 2.45. The number of aromatic hydroxyl groups is 1. The summed E-state index contributed by atoms with van der Waals surface area (Å²) in [6.07, 6.45) is 1.25. The van der Waals surface area contributed by atoms with Crippen molar-refractivity contribution >= 4 is 15.9 Å². The van der Waals surface area contributed by atoms with Crippen molar-refractivity contribution in [2.45, 2.75) is 44.3 Å². The molecule has 0 bridgehead atoms. The summed E-state index contributed by atoms with van der Waals surface area (Å²) in [4.78, 5) is 11.9. The number of phenolic OH excluding ortho intramolecular Hbond substituents is 1. The highest BCUT2D eigenvalue weighted by Gasteiger charge is 2.24. The van der Waals surface area contributed by atoms with Gasteiger partial charge in [0, 0.05) is 12.8 Å². The molecule has 0 spiro atoms. The molecule has 1 atom stereocenters. The zero-order valence-electron chi connectivity index (χ0n) is 12.8. The molecule has 0 aliphatic heterocycles. The van der Waals surface area contributed by atoms with Crippen LogP contribution in [-0.4, -0.2) is 36.2 Å². The van der Waals surface area contributed by atoms with Crippen LogP contribution >= 0.6 is 0 Å². The summed E-state index contributed by atoms with van der Waals surface area (Å²) in [6, 6.07) is 4.79. The number of carbonyl (C=O) groups is 1. The lowest BCUT2D eigenvalue weighted by molar-refractivity contribution is -0.119. The molecule has 124 valence electrons. The van der Waals surface area contributed by atoms with Gasteiger partial charge in [-0.3, -0.25) is 9.35 Å². The van der Waals surface area contributed by atoms with Gasteiger partial charge in [-0.2, -0.15) is 8.42 Å². The van der Waals surface area contributed by atoms with Gasteiger partial charge in [-0.1, -0.05) is 19.4 Å². The predicted octanol–water partition coefficient (Wildman–Crippen LogP) is 2.35. The molecule has 0 heterocycles. The molecule has 0 unspecified atom stereocenters. The van der Waals surface area contributed by atoms with Crippen LogP contribution in [0.4, 0.5) is 0 Å². The van der Waals surface area contributed by atoms with E-state index in [1.807, 2.05) is 0 Å². The Kier molecular flexibility index (Phi) is 6.83. The number of ketones is 1. The van der Waals surface area contributed by atoms with E-state index in [1.165, 1.54) is 13.2 Å². The van der Waals surface area contributed by atoms with Crippen LogP contribution in [0.25, 0.3) is 0 Å². The summed E-state index contributed by atoms with van der Waals surface area (Å²) in [5.74, 6) is 0.127. The summed E-state index contributed by atoms with van der Waals surface area (Å²) >= 11 is 0. The Morgan fingerprint density at radius 3 is 2.59 bits per heavy atom. The van der Waals surface area contributed by atoms with E-state index in [0.717, 1.165) is 5.56 Å². The zero-order valence-corrected chi connectivity index (χ0v) is 13.6. The van der Waals surface area contributed by atoms with Gasteiger partial charge in [0.1, 0.15) is 5.78 Å². The molecule has 0 aliphatic carbocycles. The average molecular weight is 330 g/mol. The summed E-state index contributed by atoms with van der Waals surface area (Å²) < 4.78 is 36.5. The highest BCUT2D eigenvalue weighted by Crippen LogP contribution is 2.27. The molecule has 6 nitrogen and oxygen atoms in total. The molecule has 1 rings (SSSR count). The molecular weight excluding hydrogens is 308 g/mol. The zero-order chi connectivity index (χ0) is 16.8. The Morgan fingerprint density at radius 2 is 2.05 bits per heavy atom. The van der Waals surface area contributed by atoms with Gasteiger partial charge in [0.05, 0.1) is 12.4 Å².